The van der Waals surface area contributed by atoms with E-state index >= 15 is 0 Å². The van der Waals surface area contributed by atoms with Gasteiger partial charge >= 0.3 is 51.4 Å². The van der Waals surface area contributed by atoms with Crippen molar-refractivity contribution in [2.24, 2.45) is 0 Å². The number of carboxylic acid groups (broad SMARTS) is 1. The molecule has 0 atom stereocenters. The van der Waals surface area contributed by atoms with Gasteiger partial charge in [-0.3, -0.25) is 0 Å². The van der Waals surface area contributed by atoms with E-state index in [1.807, 2.05) is 0 Å². The summed E-state index contributed by atoms with van der Waals surface area (Å²) in [6.07, 6.45) is 0. The van der Waals surface area contributed by atoms with E-state index in [0.717, 1.165) is 0 Å². The van der Waals surface area contributed by atoms with Gasteiger partial charge in [-0.2, -0.15) is 12.6 Å². The Hall–Kier alpha value is 1.42. The van der Waals surface area contributed by atoms with Crippen molar-refractivity contribution in [2.45, 2.75) is 0 Å². The Morgan fingerprint density at radius 2 is 1.86 bits per heavy atom. The van der Waals surface area contributed by atoms with Gasteiger partial charge < -0.3 is 15.4 Å². The minimum Gasteiger partial charge on any atom is -0.549 e. The minimum absolute atomic E-state index is 0. The fourth-order valence-electron chi connectivity index (χ4n) is 0. The Labute approximate surface area is 89.6 Å². The molecule has 0 saturated heterocycles. The summed E-state index contributed by atoms with van der Waals surface area (Å²) < 4.78 is 0. The first-order valence-corrected chi connectivity index (χ1v) is 1.71. The summed E-state index contributed by atoms with van der Waals surface area (Å²) >= 11 is 3.35. The standard InChI is InChI=1S/C2H4O2S.K.H2O/c3-2(4)1-5;;/h5H,1H2,(H,3,4);;1H2/q;+1;/p-1. The molecule has 0 aromatic rings. The van der Waals surface area contributed by atoms with E-state index in [1.165, 1.54) is 0 Å². The monoisotopic (exact) mass is 148 g/mol. The Bertz CT molecular complexity index is 48.2. The van der Waals surface area contributed by atoms with Crippen LogP contribution >= 0.6 is 12.6 Å². The molecule has 0 rings (SSSR count). The van der Waals surface area contributed by atoms with E-state index in [1.54, 1.807) is 0 Å². The quantitative estimate of drug-likeness (QED) is 0.298. The van der Waals surface area contributed by atoms with Crippen molar-refractivity contribution >= 4 is 18.6 Å². The van der Waals surface area contributed by atoms with Crippen molar-refractivity contribution in [2.75, 3.05) is 5.75 Å². The molecule has 38 valence electrons. The van der Waals surface area contributed by atoms with Gasteiger partial charge in [0.15, 0.2) is 0 Å². The molecule has 5 heteroatoms. The van der Waals surface area contributed by atoms with Gasteiger partial charge in [0.05, 0.1) is 5.97 Å². The Morgan fingerprint density at radius 3 is 1.86 bits per heavy atom. The van der Waals surface area contributed by atoms with Gasteiger partial charge in [-0.1, -0.05) is 0 Å². The Kier molecular flexibility index (Phi) is 23.5. The zero-order valence-corrected chi connectivity index (χ0v) is 7.99. The van der Waals surface area contributed by atoms with E-state index in [0.29, 0.717) is 0 Å². The molecule has 0 aromatic heterocycles. The molecule has 0 aromatic carbocycles. The first-order chi connectivity index (χ1) is 2.27. The fourth-order valence-corrected chi connectivity index (χ4v) is 0. The molecule has 7 heavy (non-hydrogen) atoms. The predicted molar refractivity (Wildman–Crippen MR) is 22.5 cm³/mol. The van der Waals surface area contributed by atoms with Crippen LogP contribution in [0.15, 0.2) is 0 Å². The van der Waals surface area contributed by atoms with Gasteiger partial charge in [0.25, 0.3) is 0 Å². The number of carbonyl (C=O) groups excluding carboxylic acids is 1. The number of hydrogen-bond acceptors (Lipinski definition) is 3. The van der Waals surface area contributed by atoms with Crippen molar-refractivity contribution in [3.8, 4) is 0 Å². The van der Waals surface area contributed by atoms with Crippen LogP contribution in [-0.4, -0.2) is 17.2 Å². The molecule has 2 N–H and O–H groups in total. The molecule has 0 aliphatic carbocycles. The van der Waals surface area contributed by atoms with Crippen LogP contribution < -0.4 is 56.5 Å². The van der Waals surface area contributed by atoms with Crippen molar-refractivity contribution in [3.05, 3.63) is 0 Å². The maximum absolute atomic E-state index is 9.18. The summed E-state index contributed by atoms with van der Waals surface area (Å²) in [7, 11) is 0. The van der Waals surface area contributed by atoms with E-state index < -0.39 is 5.97 Å². The number of thiol groups is 1. The largest absolute Gasteiger partial charge is 1.00 e. The van der Waals surface area contributed by atoms with Crippen molar-refractivity contribution in [3.63, 3.8) is 0 Å². The SMILES string of the molecule is O.O=C([O-])CS.[K+]. The normalized spacial score (nSPS) is 5.29. The average Bonchev–Trinajstić information content (AvgIpc) is 1.38. The molecular weight excluding hydrogens is 143 g/mol. The van der Waals surface area contributed by atoms with Crippen molar-refractivity contribution in [1.82, 2.24) is 0 Å². The first-order valence-electron chi connectivity index (χ1n) is 1.08. The van der Waals surface area contributed by atoms with Crippen LogP contribution in [0.25, 0.3) is 0 Å². The molecule has 0 unspecified atom stereocenters. The molecule has 0 bridgehead atoms. The Morgan fingerprint density at radius 1 is 1.71 bits per heavy atom. The molecule has 0 saturated carbocycles. The second-order valence-corrected chi connectivity index (χ2v) is 0.846. The maximum Gasteiger partial charge on any atom is 1.00 e. The average molecular weight is 148 g/mol. The molecule has 0 fully saturated rings. The van der Waals surface area contributed by atoms with Crippen LogP contribution in [0.3, 0.4) is 0 Å². The zero-order chi connectivity index (χ0) is 4.28. The van der Waals surface area contributed by atoms with Gasteiger partial charge in [-0.15, -0.1) is 0 Å². The summed E-state index contributed by atoms with van der Waals surface area (Å²) in [5.74, 6) is -1.33. The summed E-state index contributed by atoms with van der Waals surface area (Å²) in [4.78, 5) is 9.18. The molecular formula is C2H5KO3S. The van der Waals surface area contributed by atoms with Crippen LogP contribution in [0.5, 0.6) is 0 Å². The first kappa shape index (κ1) is 15.8. The summed E-state index contributed by atoms with van der Waals surface area (Å²) in [5.41, 5.74) is 0. The van der Waals surface area contributed by atoms with Gasteiger partial charge in [0, 0.05) is 5.75 Å². The second-order valence-electron chi connectivity index (χ2n) is 0.530. The molecule has 0 aliphatic rings. The van der Waals surface area contributed by atoms with Gasteiger partial charge in [-0.25, -0.2) is 0 Å². The minimum atomic E-state index is -1.13. The smallest absolute Gasteiger partial charge is 0.549 e. The molecule has 0 spiro atoms. The fraction of sp³-hybridized carbons (Fsp3) is 0.500. The molecule has 0 radical (unpaired) electrons. The summed E-state index contributed by atoms with van der Waals surface area (Å²) in [6.45, 7) is 0. The maximum atomic E-state index is 9.18. The van der Waals surface area contributed by atoms with E-state index in [2.05, 4.69) is 12.6 Å². The third-order valence-corrected chi connectivity index (χ3v) is 0.387. The topological polar surface area (TPSA) is 71.6 Å². The van der Waals surface area contributed by atoms with E-state index in [9.17, 15) is 9.90 Å². The molecule has 0 heterocycles. The van der Waals surface area contributed by atoms with E-state index in [4.69, 9.17) is 0 Å². The number of hydrogen-bond donors (Lipinski definition) is 1. The second kappa shape index (κ2) is 10.4. The third kappa shape index (κ3) is 18.6. The van der Waals surface area contributed by atoms with Gasteiger partial charge in [0.1, 0.15) is 0 Å². The van der Waals surface area contributed by atoms with Crippen LogP contribution in [0.4, 0.5) is 0 Å². The van der Waals surface area contributed by atoms with Crippen LogP contribution in [0.1, 0.15) is 0 Å². The zero-order valence-electron chi connectivity index (χ0n) is 3.97. The molecule has 0 aliphatic heterocycles. The summed E-state index contributed by atoms with van der Waals surface area (Å²) in [5, 5.41) is 9.18. The van der Waals surface area contributed by atoms with Crippen molar-refractivity contribution in [1.29, 1.82) is 0 Å². The van der Waals surface area contributed by atoms with Crippen molar-refractivity contribution < 1.29 is 66.8 Å². The predicted octanol–water partition coefficient (Wildman–Crippen LogP) is -5.15. The van der Waals surface area contributed by atoms with Gasteiger partial charge in [0.2, 0.25) is 0 Å². The summed E-state index contributed by atoms with van der Waals surface area (Å²) in [6, 6.07) is 0. The van der Waals surface area contributed by atoms with Crippen LogP contribution in [-0.2, 0) is 4.79 Å². The van der Waals surface area contributed by atoms with E-state index in [-0.39, 0.29) is 62.6 Å². The van der Waals surface area contributed by atoms with Crippen LogP contribution in [0, 0.1) is 0 Å². The Balaban J connectivity index is -0.0000000800. The number of carboxylic acids is 1. The number of aliphatic carboxylic acids is 1. The number of carbonyl (C=O) groups is 1. The molecule has 0 amide bonds. The van der Waals surface area contributed by atoms with Crippen LogP contribution in [0.2, 0.25) is 0 Å². The number of rotatable bonds is 1. The van der Waals surface area contributed by atoms with Gasteiger partial charge in [-0.05, 0) is 0 Å². The third-order valence-electron chi connectivity index (χ3n) is 0.129. The molecule has 3 nitrogen and oxygen atoms in total.